The van der Waals surface area contributed by atoms with Gasteiger partial charge >= 0.3 is 0 Å². The molecule has 0 atom stereocenters. The minimum atomic E-state index is -0.0495. The quantitative estimate of drug-likeness (QED) is 0.567. The van der Waals surface area contributed by atoms with Crippen LogP contribution in [0.1, 0.15) is 79.1 Å². The van der Waals surface area contributed by atoms with Crippen LogP contribution in [0.3, 0.4) is 0 Å². The second-order valence-electron chi connectivity index (χ2n) is 6.66. The van der Waals surface area contributed by atoms with Gasteiger partial charge in [0.05, 0.1) is 22.5 Å². The van der Waals surface area contributed by atoms with Gasteiger partial charge in [-0.2, -0.15) is 0 Å². The number of Topliss-reactive ketones (excluding diaryl/α,β-unsaturated/α-hetero) is 2. The average Bonchev–Trinajstić information content (AvgIpc) is 2.24. The number of ketones is 2. The van der Waals surface area contributed by atoms with Crippen LogP contribution in [-0.2, 0) is 6.42 Å². The number of hydrogen-bond acceptors (Lipinski definition) is 3. The Morgan fingerprint density at radius 3 is 2.40 bits per heavy atom. The third-order valence-corrected chi connectivity index (χ3v) is 4.78. The molecule has 20 heavy (non-hydrogen) atoms. The first-order valence-corrected chi connectivity index (χ1v) is 7.98. The van der Waals surface area contributed by atoms with Crippen molar-refractivity contribution in [1.82, 2.24) is 4.98 Å². The van der Waals surface area contributed by atoms with Gasteiger partial charge < -0.3 is 0 Å². The van der Waals surface area contributed by atoms with Gasteiger partial charge in [0.1, 0.15) is 0 Å². The normalized spacial score (nSPS) is 17.2. The molecule has 0 radical (unpaired) electrons. The fourth-order valence-corrected chi connectivity index (χ4v) is 4.09. The predicted octanol–water partition coefficient (Wildman–Crippen LogP) is 4.17. The first-order valence-electron chi connectivity index (χ1n) is 6.90. The zero-order chi connectivity index (χ0) is 15.2. The Bertz CT molecular complexity index is 603. The maximum absolute atomic E-state index is 12.4. The van der Waals surface area contributed by atoms with Crippen molar-refractivity contribution in [3.8, 4) is 0 Å². The van der Waals surface area contributed by atoms with Crippen LogP contribution < -0.4 is 0 Å². The number of halogens is 1. The molecule has 1 aliphatic carbocycles. The lowest BCUT2D eigenvalue weighted by molar-refractivity contribution is 0.0909. The van der Waals surface area contributed by atoms with Gasteiger partial charge in [0.2, 0.25) is 0 Å². The van der Waals surface area contributed by atoms with Crippen LogP contribution in [0.2, 0.25) is 0 Å². The first kappa shape index (κ1) is 15.6. The summed E-state index contributed by atoms with van der Waals surface area (Å²) in [4.78, 5) is 29.1. The molecule has 0 saturated heterocycles. The maximum Gasteiger partial charge on any atom is 0.166 e. The van der Waals surface area contributed by atoms with Gasteiger partial charge in [-0.3, -0.25) is 14.6 Å². The Kier molecular flexibility index (Phi) is 4.06. The van der Waals surface area contributed by atoms with E-state index in [1.165, 1.54) is 0 Å². The van der Waals surface area contributed by atoms with Crippen molar-refractivity contribution in [2.75, 3.05) is 0 Å². The predicted molar refractivity (Wildman–Crippen MR) is 87.5 cm³/mol. The molecular weight excluding hydrogens is 365 g/mol. The van der Waals surface area contributed by atoms with Crippen molar-refractivity contribution < 1.29 is 9.59 Å². The minimum absolute atomic E-state index is 0.00830. The van der Waals surface area contributed by atoms with Gasteiger partial charge in [-0.25, -0.2) is 0 Å². The van der Waals surface area contributed by atoms with Gasteiger partial charge in [0, 0.05) is 9.99 Å². The van der Waals surface area contributed by atoms with Gasteiger partial charge in [0.15, 0.2) is 11.6 Å². The summed E-state index contributed by atoms with van der Waals surface area (Å²) < 4.78 is 0.796. The first-order chi connectivity index (χ1) is 9.14. The van der Waals surface area contributed by atoms with Crippen LogP contribution in [0.5, 0.6) is 0 Å². The number of carbonyl (C=O) groups excluding carboxylic acids is 2. The fourth-order valence-electron chi connectivity index (χ4n) is 2.82. The molecular formula is C16H20INO2. The largest absolute Gasteiger partial charge is 0.294 e. The van der Waals surface area contributed by atoms with Crippen molar-refractivity contribution in [2.45, 2.75) is 53.4 Å². The number of rotatable bonds is 2. The minimum Gasteiger partial charge on any atom is -0.294 e. The summed E-state index contributed by atoms with van der Waals surface area (Å²) in [5, 5.41) is 0. The lowest BCUT2D eigenvalue weighted by Gasteiger charge is -2.31. The van der Waals surface area contributed by atoms with Crippen molar-refractivity contribution in [1.29, 1.82) is 0 Å². The van der Waals surface area contributed by atoms with Gasteiger partial charge in [-0.05, 0) is 47.3 Å². The third kappa shape index (κ3) is 2.67. The van der Waals surface area contributed by atoms with Gasteiger partial charge in [-0.1, -0.05) is 27.7 Å². The van der Waals surface area contributed by atoms with E-state index in [0.29, 0.717) is 17.5 Å². The summed E-state index contributed by atoms with van der Waals surface area (Å²) in [5.41, 5.74) is 2.95. The lowest BCUT2D eigenvalue weighted by Crippen LogP contribution is -2.30. The van der Waals surface area contributed by atoms with Gasteiger partial charge in [-0.15, -0.1) is 0 Å². The standard InChI is InChI=1S/C16H20INO2/c1-8(2)15-12(9(3)19)14(17)13-10(18-15)6-16(4,5)7-11(13)20/h8H,6-7H2,1-5H3. The molecule has 0 unspecified atom stereocenters. The van der Waals surface area contributed by atoms with Crippen LogP contribution in [0.4, 0.5) is 0 Å². The van der Waals surface area contributed by atoms with E-state index in [2.05, 4.69) is 36.4 Å². The summed E-state index contributed by atoms with van der Waals surface area (Å²) in [6.45, 7) is 9.81. The highest BCUT2D eigenvalue weighted by atomic mass is 127. The molecule has 0 aliphatic heterocycles. The summed E-state index contributed by atoms with van der Waals surface area (Å²) in [7, 11) is 0. The zero-order valence-electron chi connectivity index (χ0n) is 12.6. The number of carbonyl (C=O) groups is 2. The topological polar surface area (TPSA) is 47.0 Å². The van der Waals surface area contributed by atoms with E-state index in [-0.39, 0.29) is 22.9 Å². The molecule has 108 valence electrons. The molecule has 2 rings (SSSR count). The van der Waals surface area contributed by atoms with Crippen molar-refractivity contribution in [3.05, 3.63) is 26.1 Å². The van der Waals surface area contributed by atoms with Crippen LogP contribution in [0, 0.1) is 8.99 Å². The number of aromatic nitrogens is 1. The average molecular weight is 385 g/mol. The van der Waals surface area contributed by atoms with Crippen molar-refractivity contribution in [3.63, 3.8) is 0 Å². The Balaban J connectivity index is 2.76. The lowest BCUT2D eigenvalue weighted by atomic mass is 9.75. The number of hydrogen-bond donors (Lipinski definition) is 0. The second kappa shape index (κ2) is 5.20. The van der Waals surface area contributed by atoms with Crippen LogP contribution in [0.25, 0.3) is 0 Å². The summed E-state index contributed by atoms with van der Waals surface area (Å²) >= 11 is 2.14. The molecule has 0 aromatic carbocycles. The highest BCUT2D eigenvalue weighted by molar-refractivity contribution is 14.1. The number of fused-ring (bicyclic) bond motifs is 1. The Morgan fingerprint density at radius 2 is 1.90 bits per heavy atom. The molecule has 0 spiro atoms. The van der Waals surface area contributed by atoms with Crippen LogP contribution in [-0.4, -0.2) is 16.6 Å². The monoisotopic (exact) mass is 385 g/mol. The van der Waals surface area contributed by atoms with E-state index in [1.54, 1.807) is 6.92 Å². The number of pyridine rings is 1. The summed E-state index contributed by atoms with van der Waals surface area (Å²) in [5.74, 6) is 0.282. The van der Waals surface area contributed by atoms with Crippen LogP contribution >= 0.6 is 22.6 Å². The summed E-state index contributed by atoms with van der Waals surface area (Å²) in [6, 6.07) is 0. The van der Waals surface area contributed by atoms with E-state index in [0.717, 1.165) is 21.4 Å². The van der Waals surface area contributed by atoms with Gasteiger partial charge in [0.25, 0.3) is 0 Å². The third-order valence-electron chi connectivity index (χ3n) is 3.70. The van der Waals surface area contributed by atoms with E-state index in [4.69, 9.17) is 4.98 Å². The molecule has 0 bridgehead atoms. The zero-order valence-corrected chi connectivity index (χ0v) is 14.8. The van der Waals surface area contributed by atoms with E-state index < -0.39 is 0 Å². The Morgan fingerprint density at radius 1 is 1.30 bits per heavy atom. The number of nitrogens with zero attached hydrogens (tertiary/aromatic N) is 1. The van der Waals surface area contributed by atoms with E-state index in [9.17, 15) is 9.59 Å². The smallest absolute Gasteiger partial charge is 0.166 e. The molecule has 0 amide bonds. The SMILES string of the molecule is CC(=O)c1c(C(C)C)nc2c(c1I)C(=O)CC(C)(C)C2. The van der Waals surface area contributed by atoms with Crippen molar-refractivity contribution >= 4 is 34.2 Å². The molecule has 0 saturated carbocycles. The Labute approximate surface area is 133 Å². The molecule has 4 heteroatoms. The van der Waals surface area contributed by atoms with E-state index in [1.807, 2.05) is 13.8 Å². The highest BCUT2D eigenvalue weighted by Crippen LogP contribution is 2.38. The Hall–Kier alpha value is -0.780. The van der Waals surface area contributed by atoms with E-state index >= 15 is 0 Å². The molecule has 1 aromatic rings. The summed E-state index contributed by atoms with van der Waals surface area (Å²) in [6.07, 6.45) is 1.32. The molecule has 1 heterocycles. The maximum atomic E-state index is 12.4. The molecule has 0 N–H and O–H groups in total. The second-order valence-corrected chi connectivity index (χ2v) is 7.74. The molecule has 3 nitrogen and oxygen atoms in total. The highest BCUT2D eigenvalue weighted by Gasteiger charge is 2.35. The molecule has 1 aliphatic rings. The fraction of sp³-hybridized carbons (Fsp3) is 0.562. The molecule has 1 aromatic heterocycles. The van der Waals surface area contributed by atoms with Crippen LogP contribution in [0.15, 0.2) is 0 Å². The molecule has 0 fully saturated rings. The van der Waals surface area contributed by atoms with Crippen molar-refractivity contribution in [2.24, 2.45) is 5.41 Å².